The molecule has 0 spiro atoms. The highest BCUT2D eigenvalue weighted by Crippen LogP contribution is 2.32. The second-order valence-corrected chi connectivity index (χ2v) is 5.83. The van der Waals surface area contributed by atoms with E-state index in [-0.39, 0.29) is 22.7 Å². The van der Waals surface area contributed by atoms with Gasteiger partial charge in [0.2, 0.25) is 0 Å². The van der Waals surface area contributed by atoms with Crippen molar-refractivity contribution >= 4 is 22.6 Å². The van der Waals surface area contributed by atoms with Crippen LogP contribution in [0.5, 0.6) is 5.75 Å². The molecule has 1 aromatic carbocycles. The van der Waals surface area contributed by atoms with E-state index in [1.54, 1.807) is 0 Å². The molecule has 3 rings (SSSR count). The summed E-state index contributed by atoms with van der Waals surface area (Å²) in [5.74, 6) is -0.0729. The second-order valence-electron chi connectivity index (χ2n) is 5.83. The molecule has 1 aromatic heterocycles. The van der Waals surface area contributed by atoms with Gasteiger partial charge >= 0.3 is 5.97 Å². The second kappa shape index (κ2) is 6.82. The first kappa shape index (κ1) is 16.2. The molecule has 0 atom stereocenters. The summed E-state index contributed by atoms with van der Waals surface area (Å²) in [6, 6.07) is 4.29. The van der Waals surface area contributed by atoms with Crippen LogP contribution >= 0.6 is 0 Å². The molecule has 7 nitrogen and oxygen atoms in total. The Balaban J connectivity index is 1.95. The van der Waals surface area contributed by atoms with Crippen LogP contribution in [0.4, 0.5) is 5.69 Å². The van der Waals surface area contributed by atoms with Crippen molar-refractivity contribution in [3.63, 3.8) is 0 Å². The van der Waals surface area contributed by atoms with Crippen LogP contribution < -0.4 is 4.74 Å². The fourth-order valence-corrected chi connectivity index (χ4v) is 3.02. The van der Waals surface area contributed by atoms with Crippen molar-refractivity contribution in [3.8, 4) is 5.75 Å². The van der Waals surface area contributed by atoms with Gasteiger partial charge in [-0.2, -0.15) is 0 Å². The predicted molar refractivity (Wildman–Crippen MR) is 87.2 cm³/mol. The molecule has 24 heavy (non-hydrogen) atoms. The van der Waals surface area contributed by atoms with E-state index in [4.69, 9.17) is 9.47 Å². The molecule has 2 aromatic rings. The van der Waals surface area contributed by atoms with E-state index in [0.29, 0.717) is 11.3 Å². The van der Waals surface area contributed by atoms with Crippen LogP contribution in [0.3, 0.4) is 0 Å². The van der Waals surface area contributed by atoms with E-state index in [0.717, 1.165) is 32.1 Å². The summed E-state index contributed by atoms with van der Waals surface area (Å²) >= 11 is 0. The monoisotopic (exact) mass is 330 g/mol. The molecule has 1 saturated carbocycles. The predicted octanol–water partition coefficient (Wildman–Crippen LogP) is 3.64. The van der Waals surface area contributed by atoms with E-state index in [1.807, 2.05) is 0 Å². The zero-order valence-corrected chi connectivity index (χ0v) is 13.4. The number of fused-ring (bicyclic) bond motifs is 1. The molecule has 1 fully saturated rings. The van der Waals surface area contributed by atoms with Gasteiger partial charge in [0, 0.05) is 12.3 Å². The van der Waals surface area contributed by atoms with Gasteiger partial charge in [0.15, 0.2) is 0 Å². The molecular weight excluding hydrogens is 312 g/mol. The van der Waals surface area contributed by atoms with E-state index < -0.39 is 10.9 Å². The average Bonchev–Trinajstić information content (AvgIpc) is 2.60. The minimum Gasteiger partial charge on any atom is -0.494 e. The fourth-order valence-electron chi connectivity index (χ4n) is 3.02. The Labute approximate surface area is 138 Å². The molecule has 1 aliphatic rings. The van der Waals surface area contributed by atoms with Crippen LogP contribution in [0.15, 0.2) is 24.4 Å². The molecule has 0 aliphatic heterocycles. The largest absolute Gasteiger partial charge is 0.494 e. The lowest BCUT2D eigenvalue weighted by atomic mass is 9.98. The molecule has 0 N–H and O–H groups in total. The summed E-state index contributed by atoms with van der Waals surface area (Å²) in [7, 11) is 1.47. The Hall–Kier alpha value is -2.70. The van der Waals surface area contributed by atoms with Gasteiger partial charge in [-0.25, -0.2) is 4.79 Å². The highest BCUT2D eigenvalue weighted by Gasteiger charge is 2.22. The van der Waals surface area contributed by atoms with Gasteiger partial charge in [-0.15, -0.1) is 0 Å². The van der Waals surface area contributed by atoms with Crippen LogP contribution in [0.1, 0.15) is 42.5 Å². The number of hydrogen-bond donors (Lipinski definition) is 0. The number of methoxy groups -OCH3 is 1. The van der Waals surface area contributed by atoms with Gasteiger partial charge in [-0.05, 0) is 37.8 Å². The van der Waals surface area contributed by atoms with Gasteiger partial charge in [-0.1, -0.05) is 6.42 Å². The smallest absolute Gasteiger partial charge is 0.340 e. The Morgan fingerprint density at radius 3 is 2.71 bits per heavy atom. The molecule has 0 saturated heterocycles. The van der Waals surface area contributed by atoms with Crippen molar-refractivity contribution in [2.24, 2.45) is 0 Å². The van der Waals surface area contributed by atoms with Gasteiger partial charge in [0.05, 0.1) is 23.0 Å². The number of hydrogen-bond acceptors (Lipinski definition) is 6. The molecule has 0 unspecified atom stereocenters. The first-order valence-electron chi connectivity index (χ1n) is 7.92. The van der Waals surface area contributed by atoms with Crippen molar-refractivity contribution in [1.82, 2.24) is 4.98 Å². The fraction of sp³-hybridized carbons (Fsp3) is 0.412. The molecule has 1 heterocycles. The maximum absolute atomic E-state index is 12.3. The molecule has 7 heteroatoms. The number of rotatable bonds is 4. The van der Waals surface area contributed by atoms with Gasteiger partial charge < -0.3 is 9.47 Å². The third-order valence-corrected chi connectivity index (χ3v) is 4.27. The van der Waals surface area contributed by atoms with Crippen LogP contribution in [0, 0.1) is 10.1 Å². The van der Waals surface area contributed by atoms with Crippen LogP contribution in [-0.4, -0.2) is 29.1 Å². The maximum Gasteiger partial charge on any atom is 0.340 e. The van der Waals surface area contributed by atoms with E-state index in [2.05, 4.69) is 4.98 Å². The summed E-state index contributed by atoms with van der Waals surface area (Å²) in [5.41, 5.74) is 0.441. The number of nitro benzene ring substituents is 1. The number of carbonyl (C=O) groups is 1. The first-order valence-corrected chi connectivity index (χ1v) is 7.92. The number of ether oxygens (including phenoxy) is 2. The Kier molecular flexibility index (Phi) is 4.59. The Bertz CT molecular complexity index is 784. The first-order chi connectivity index (χ1) is 11.6. The quantitative estimate of drug-likeness (QED) is 0.483. The number of pyridine rings is 1. The minimum absolute atomic E-state index is 0.0813. The number of esters is 1. The molecule has 126 valence electrons. The third kappa shape index (κ3) is 3.15. The highest BCUT2D eigenvalue weighted by atomic mass is 16.6. The van der Waals surface area contributed by atoms with E-state index in [9.17, 15) is 14.9 Å². The maximum atomic E-state index is 12.3. The SMILES string of the molecule is COc1ccc([N+](=O)[O-])c2cc(C(=O)OC3CCCCC3)cnc12. The lowest BCUT2D eigenvalue weighted by Gasteiger charge is -2.21. The van der Waals surface area contributed by atoms with Crippen LogP contribution in [-0.2, 0) is 4.74 Å². The topological polar surface area (TPSA) is 91.6 Å². The number of benzene rings is 1. The molecule has 0 bridgehead atoms. The lowest BCUT2D eigenvalue weighted by molar-refractivity contribution is -0.383. The lowest BCUT2D eigenvalue weighted by Crippen LogP contribution is -2.21. The van der Waals surface area contributed by atoms with Gasteiger partial charge in [0.25, 0.3) is 5.69 Å². The summed E-state index contributed by atoms with van der Waals surface area (Å²) < 4.78 is 10.7. The highest BCUT2D eigenvalue weighted by molar-refractivity contribution is 5.98. The van der Waals surface area contributed by atoms with E-state index >= 15 is 0 Å². The molecular formula is C17H18N2O5. The normalized spacial score (nSPS) is 15.2. The van der Waals surface area contributed by atoms with Crippen molar-refractivity contribution in [2.75, 3.05) is 7.11 Å². The summed E-state index contributed by atoms with van der Waals surface area (Å²) in [5, 5.41) is 11.5. The van der Waals surface area contributed by atoms with Crippen LogP contribution in [0.2, 0.25) is 0 Å². The zero-order valence-electron chi connectivity index (χ0n) is 13.4. The van der Waals surface area contributed by atoms with Crippen molar-refractivity contribution in [2.45, 2.75) is 38.2 Å². The number of aromatic nitrogens is 1. The minimum atomic E-state index is -0.500. The number of nitrogens with zero attached hydrogens (tertiary/aromatic N) is 2. The van der Waals surface area contributed by atoms with Crippen molar-refractivity contribution in [3.05, 3.63) is 40.1 Å². The van der Waals surface area contributed by atoms with Crippen LogP contribution in [0.25, 0.3) is 10.9 Å². The van der Waals surface area contributed by atoms with Crippen molar-refractivity contribution < 1.29 is 19.2 Å². The standard InChI is InChI=1S/C17H18N2O5/c1-23-15-8-7-14(19(21)22)13-9-11(10-18-16(13)15)17(20)24-12-5-3-2-4-6-12/h7-10,12H,2-6H2,1H3. The number of carbonyl (C=O) groups excluding carboxylic acids is 1. The van der Waals surface area contributed by atoms with Crippen molar-refractivity contribution in [1.29, 1.82) is 0 Å². The van der Waals surface area contributed by atoms with Gasteiger partial charge in [-0.3, -0.25) is 15.1 Å². The summed E-state index contributed by atoms with van der Waals surface area (Å²) in [6.45, 7) is 0. The number of nitro groups is 1. The zero-order chi connectivity index (χ0) is 17.1. The Morgan fingerprint density at radius 1 is 1.29 bits per heavy atom. The average molecular weight is 330 g/mol. The number of non-ortho nitro benzene ring substituents is 1. The van der Waals surface area contributed by atoms with E-state index in [1.165, 1.54) is 31.5 Å². The molecule has 0 amide bonds. The van der Waals surface area contributed by atoms with Gasteiger partial charge in [0.1, 0.15) is 17.4 Å². The summed E-state index contributed by atoms with van der Waals surface area (Å²) in [4.78, 5) is 27.2. The summed E-state index contributed by atoms with van der Waals surface area (Å²) in [6.07, 6.45) is 6.29. The third-order valence-electron chi connectivity index (χ3n) is 4.27. The Morgan fingerprint density at radius 2 is 2.04 bits per heavy atom. The molecule has 0 radical (unpaired) electrons. The molecule has 1 aliphatic carbocycles.